The Morgan fingerprint density at radius 1 is 1.06 bits per heavy atom. The number of fused-ring (bicyclic) bond motifs is 2. The molecule has 2 saturated carbocycles. The molecule has 1 aliphatic heterocycles. The van der Waals surface area contributed by atoms with Gasteiger partial charge in [-0.1, -0.05) is 12.8 Å². The molecular weight excluding hydrogens is 224 g/mol. The van der Waals surface area contributed by atoms with Crippen LogP contribution >= 0.6 is 0 Å². The van der Waals surface area contributed by atoms with Crippen LogP contribution in [-0.4, -0.2) is 36.5 Å². The molecule has 0 aromatic rings. The molecule has 1 amide bonds. The zero-order valence-electron chi connectivity index (χ0n) is 11.5. The maximum Gasteiger partial charge on any atom is 0.239 e. The van der Waals surface area contributed by atoms with Crippen molar-refractivity contribution in [2.24, 2.45) is 11.8 Å². The summed E-state index contributed by atoms with van der Waals surface area (Å²) in [5.74, 6) is 2.21. The van der Waals surface area contributed by atoms with E-state index in [-0.39, 0.29) is 6.04 Å². The van der Waals surface area contributed by atoms with Gasteiger partial charge < -0.3 is 10.2 Å². The molecule has 1 saturated heterocycles. The lowest BCUT2D eigenvalue weighted by atomic mass is 9.84. The second kappa shape index (κ2) is 5.20. The summed E-state index contributed by atoms with van der Waals surface area (Å²) >= 11 is 0. The standard InChI is InChI=1S/C15H26N2O/c1-16-14-4-2-3-7-17(15(14)18)13-9-11-5-6-12(8-11)10-13/h11-14,16H,2-10H2,1H3. The maximum absolute atomic E-state index is 12.6. The summed E-state index contributed by atoms with van der Waals surface area (Å²) < 4.78 is 0. The Hall–Kier alpha value is -0.570. The zero-order chi connectivity index (χ0) is 12.5. The van der Waals surface area contributed by atoms with Gasteiger partial charge in [0.15, 0.2) is 0 Å². The molecule has 3 nitrogen and oxygen atoms in total. The molecule has 0 spiro atoms. The van der Waals surface area contributed by atoms with Gasteiger partial charge >= 0.3 is 0 Å². The Bertz CT molecular complexity index is 306. The summed E-state index contributed by atoms with van der Waals surface area (Å²) in [6.45, 7) is 1.00. The molecule has 2 bridgehead atoms. The van der Waals surface area contributed by atoms with Crippen molar-refractivity contribution < 1.29 is 4.79 Å². The molecule has 3 fully saturated rings. The molecule has 3 heteroatoms. The van der Waals surface area contributed by atoms with E-state index < -0.39 is 0 Å². The van der Waals surface area contributed by atoms with Crippen LogP contribution in [-0.2, 0) is 4.79 Å². The summed E-state index contributed by atoms with van der Waals surface area (Å²) in [6.07, 6.45) is 10.2. The second-order valence-corrected chi connectivity index (χ2v) is 6.54. The molecule has 3 atom stereocenters. The van der Waals surface area contributed by atoms with Crippen molar-refractivity contribution in [3.8, 4) is 0 Å². The summed E-state index contributed by atoms with van der Waals surface area (Å²) in [5.41, 5.74) is 0. The number of nitrogens with zero attached hydrogens (tertiary/aromatic N) is 1. The summed E-state index contributed by atoms with van der Waals surface area (Å²) in [5, 5.41) is 3.21. The Kier molecular flexibility index (Phi) is 3.60. The molecule has 18 heavy (non-hydrogen) atoms. The van der Waals surface area contributed by atoms with Gasteiger partial charge in [0.05, 0.1) is 6.04 Å². The van der Waals surface area contributed by atoms with Gasteiger partial charge in [-0.25, -0.2) is 0 Å². The number of nitrogens with one attached hydrogen (secondary N) is 1. The van der Waals surface area contributed by atoms with E-state index in [2.05, 4.69) is 10.2 Å². The van der Waals surface area contributed by atoms with Crippen LogP contribution in [0.5, 0.6) is 0 Å². The summed E-state index contributed by atoms with van der Waals surface area (Å²) in [4.78, 5) is 14.8. The van der Waals surface area contributed by atoms with Crippen LogP contribution in [0.4, 0.5) is 0 Å². The monoisotopic (exact) mass is 250 g/mol. The van der Waals surface area contributed by atoms with E-state index in [1.54, 1.807) is 0 Å². The van der Waals surface area contributed by atoms with Crippen molar-refractivity contribution in [3.05, 3.63) is 0 Å². The lowest BCUT2D eigenvalue weighted by Gasteiger charge is -2.37. The van der Waals surface area contributed by atoms with Gasteiger partial charge in [-0.3, -0.25) is 4.79 Å². The van der Waals surface area contributed by atoms with Gasteiger partial charge in [0.1, 0.15) is 0 Å². The average Bonchev–Trinajstić information content (AvgIpc) is 2.61. The molecule has 102 valence electrons. The van der Waals surface area contributed by atoms with Crippen molar-refractivity contribution in [1.82, 2.24) is 10.2 Å². The quantitative estimate of drug-likeness (QED) is 0.814. The zero-order valence-corrected chi connectivity index (χ0v) is 11.5. The summed E-state index contributed by atoms with van der Waals surface area (Å²) in [7, 11) is 1.93. The molecule has 1 N–H and O–H groups in total. The van der Waals surface area contributed by atoms with Crippen molar-refractivity contribution >= 4 is 5.91 Å². The normalized spacial score (nSPS) is 40.9. The highest BCUT2D eigenvalue weighted by atomic mass is 16.2. The highest BCUT2D eigenvalue weighted by molar-refractivity contribution is 5.82. The number of likely N-dealkylation sites (N-methyl/N-ethyl adjacent to an activating group) is 1. The Labute approximate surface area is 110 Å². The number of rotatable bonds is 2. The van der Waals surface area contributed by atoms with E-state index in [0.717, 1.165) is 24.8 Å². The van der Waals surface area contributed by atoms with Gasteiger partial charge in [-0.2, -0.15) is 0 Å². The van der Waals surface area contributed by atoms with Gasteiger partial charge in [0.2, 0.25) is 5.91 Å². The van der Waals surface area contributed by atoms with Crippen LogP contribution in [0.3, 0.4) is 0 Å². The number of likely N-dealkylation sites (tertiary alicyclic amines) is 1. The van der Waals surface area contributed by atoms with E-state index in [0.29, 0.717) is 11.9 Å². The van der Waals surface area contributed by atoms with Gasteiger partial charge in [-0.05, 0) is 57.4 Å². The predicted octanol–water partition coefficient (Wildman–Crippen LogP) is 2.17. The smallest absolute Gasteiger partial charge is 0.239 e. The number of carbonyl (C=O) groups excluding carboxylic acids is 1. The van der Waals surface area contributed by atoms with Crippen LogP contribution in [0.15, 0.2) is 0 Å². The van der Waals surface area contributed by atoms with E-state index in [9.17, 15) is 4.79 Å². The highest BCUT2D eigenvalue weighted by Gasteiger charge is 2.39. The third kappa shape index (κ3) is 2.29. The largest absolute Gasteiger partial charge is 0.338 e. The first-order valence-corrected chi connectivity index (χ1v) is 7.75. The lowest BCUT2D eigenvalue weighted by Crippen LogP contribution is -2.50. The fourth-order valence-corrected chi connectivity index (χ4v) is 4.42. The first kappa shape index (κ1) is 12.5. The van der Waals surface area contributed by atoms with Crippen molar-refractivity contribution in [1.29, 1.82) is 0 Å². The highest BCUT2D eigenvalue weighted by Crippen LogP contribution is 2.43. The van der Waals surface area contributed by atoms with Crippen molar-refractivity contribution in [3.63, 3.8) is 0 Å². The van der Waals surface area contributed by atoms with Crippen LogP contribution in [0.1, 0.15) is 51.4 Å². The van der Waals surface area contributed by atoms with Gasteiger partial charge in [0, 0.05) is 12.6 Å². The second-order valence-electron chi connectivity index (χ2n) is 6.54. The third-order valence-corrected chi connectivity index (χ3v) is 5.37. The molecule has 3 rings (SSSR count). The third-order valence-electron chi connectivity index (χ3n) is 5.37. The fraction of sp³-hybridized carbons (Fsp3) is 0.933. The number of hydrogen-bond donors (Lipinski definition) is 1. The van der Waals surface area contributed by atoms with Crippen molar-refractivity contribution in [2.75, 3.05) is 13.6 Å². The van der Waals surface area contributed by atoms with Gasteiger partial charge in [-0.15, -0.1) is 0 Å². The first-order chi connectivity index (χ1) is 8.78. The number of carbonyl (C=O) groups is 1. The van der Waals surface area contributed by atoms with Crippen LogP contribution in [0.2, 0.25) is 0 Å². The van der Waals surface area contributed by atoms with Crippen molar-refractivity contribution in [2.45, 2.75) is 63.5 Å². The number of hydrogen-bond acceptors (Lipinski definition) is 2. The van der Waals surface area contributed by atoms with Gasteiger partial charge in [0.25, 0.3) is 0 Å². The number of amides is 1. The maximum atomic E-state index is 12.6. The van der Waals surface area contributed by atoms with E-state index in [4.69, 9.17) is 0 Å². The Morgan fingerprint density at radius 3 is 2.44 bits per heavy atom. The average molecular weight is 250 g/mol. The molecule has 2 aliphatic carbocycles. The molecule has 0 aromatic carbocycles. The van der Waals surface area contributed by atoms with E-state index >= 15 is 0 Å². The minimum Gasteiger partial charge on any atom is -0.338 e. The topological polar surface area (TPSA) is 32.3 Å². The minimum absolute atomic E-state index is 0.0760. The molecule has 0 radical (unpaired) electrons. The Morgan fingerprint density at radius 2 is 1.78 bits per heavy atom. The summed E-state index contributed by atoms with van der Waals surface area (Å²) in [6, 6.07) is 0.629. The fourth-order valence-electron chi connectivity index (χ4n) is 4.42. The molecule has 3 unspecified atom stereocenters. The molecule has 1 heterocycles. The van der Waals surface area contributed by atoms with Crippen LogP contribution < -0.4 is 5.32 Å². The van der Waals surface area contributed by atoms with E-state index in [1.165, 1.54) is 44.9 Å². The molecule has 3 aliphatic rings. The first-order valence-electron chi connectivity index (χ1n) is 7.75. The van der Waals surface area contributed by atoms with Crippen LogP contribution in [0, 0.1) is 11.8 Å². The SMILES string of the molecule is CNC1CCCCN(C2CC3CCC(C3)C2)C1=O. The molecule has 0 aromatic heterocycles. The van der Waals surface area contributed by atoms with E-state index in [1.807, 2.05) is 7.05 Å². The van der Waals surface area contributed by atoms with Crippen LogP contribution in [0.25, 0.3) is 0 Å². The molecular formula is C15H26N2O. The minimum atomic E-state index is 0.0760. The lowest BCUT2D eigenvalue weighted by molar-refractivity contribution is -0.136. The Balaban J connectivity index is 1.71. The predicted molar refractivity (Wildman–Crippen MR) is 72.3 cm³/mol.